The van der Waals surface area contributed by atoms with Gasteiger partial charge in [0.05, 0.1) is 25.8 Å². The second-order valence-electron chi connectivity index (χ2n) is 4.76. The van der Waals surface area contributed by atoms with Crippen LogP contribution < -0.4 is 5.32 Å². The van der Waals surface area contributed by atoms with E-state index in [1.54, 1.807) is 36.4 Å². The van der Waals surface area contributed by atoms with E-state index in [0.29, 0.717) is 26.3 Å². The van der Waals surface area contributed by atoms with Crippen LogP contribution in [0.25, 0.3) is 6.08 Å². The van der Waals surface area contributed by atoms with Gasteiger partial charge in [-0.15, -0.1) is 0 Å². The minimum absolute atomic E-state index is 0.211. The summed E-state index contributed by atoms with van der Waals surface area (Å²) >= 11 is 23.5. The molecule has 0 radical (unpaired) electrons. The minimum atomic E-state index is -0.682. The van der Waals surface area contributed by atoms with Crippen LogP contribution in [-0.4, -0.2) is 18.5 Å². The third-order valence-corrected chi connectivity index (χ3v) is 4.48. The van der Waals surface area contributed by atoms with Crippen molar-refractivity contribution in [1.82, 2.24) is 0 Å². The highest BCUT2D eigenvalue weighted by Crippen LogP contribution is 2.29. The highest BCUT2D eigenvalue weighted by molar-refractivity contribution is 6.44. The molecule has 4 nitrogen and oxygen atoms in total. The number of hydrogen-bond acceptors (Lipinski definition) is 3. The summed E-state index contributed by atoms with van der Waals surface area (Å²) in [7, 11) is 0. The van der Waals surface area contributed by atoms with Crippen molar-refractivity contribution in [2.45, 2.75) is 0 Å². The number of benzene rings is 2. The van der Waals surface area contributed by atoms with Gasteiger partial charge in [0.2, 0.25) is 0 Å². The molecule has 2 aromatic rings. The fraction of sp³-hybridized carbons (Fsp3) is 0.0588. The van der Waals surface area contributed by atoms with Crippen molar-refractivity contribution in [2.75, 3.05) is 11.9 Å². The lowest BCUT2D eigenvalue weighted by atomic mass is 10.2. The van der Waals surface area contributed by atoms with Gasteiger partial charge in [0, 0.05) is 6.08 Å². The Bertz CT molecular complexity index is 837. The summed E-state index contributed by atoms with van der Waals surface area (Å²) in [4.78, 5) is 23.4. The van der Waals surface area contributed by atoms with Gasteiger partial charge in [-0.2, -0.15) is 0 Å². The number of anilines is 1. The number of carbonyl (C=O) groups is 2. The topological polar surface area (TPSA) is 55.4 Å². The van der Waals surface area contributed by atoms with Gasteiger partial charge in [-0.1, -0.05) is 58.5 Å². The summed E-state index contributed by atoms with van der Waals surface area (Å²) in [5.41, 5.74) is 1.00. The van der Waals surface area contributed by atoms with Crippen molar-refractivity contribution in [3.8, 4) is 0 Å². The first kappa shape index (κ1) is 19.6. The Morgan fingerprint density at radius 3 is 2.48 bits per heavy atom. The predicted molar refractivity (Wildman–Crippen MR) is 102 cm³/mol. The normalized spacial score (nSPS) is 10.7. The van der Waals surface area contributed by atoms with Crippen molar-refractivity contribution in [3.63, 3.8) is 0 Å². The van der Waals surface area contributed by atoms with Crippen LogP contribution in [0, 0.1) is 0 Å². The van der Waals surface area contributed by atoms with Crippen LogP contribution in [0.3, 0.4) is 0 Å². The molecule has 0 aliphatic rings. The van der Waals surface area contributed by atoms with Crippen LogP contribution in [0.1, 0.15) is 5.56 Å². The van der Waals surface area contributed by atoms with Gasteiger partial charge in [-0.25, -0.2) is 4.79 Å². The van der Waals surface area contributed by atoms with E-state index < -0.39 is 18.5 Å². The molecule has 0 atom stereocenters. The molecule has 0 heterocycles. The van der Waals surface area contributed by atoms with Crippen molar-refractivity contribution in [3.05, 3.63) is 68.1 Å². The summed E-state index contributed by atoms with van der Waals surface area (Å²) in [5, 5.41) is 3.81. The Kier molecular flexibility index (Phi) is 7.14. The van der Waals surface area contributed by atoms with E-state index >= 15 is 0 Å². The number of esters is 1. The molecule has 130 valence electrons. The number of halogens is 4. The molecule has 0 aliphatic heterocycles. The first-order chi connectivity index (χ1) is 11.9. The van der Waals surface area contributed by atoms with Gasteiger partial charge in [0.1, 0.15) is 0 Å². The molecule has 0 saturated carbocycles. The summed E-state index contributed by atoms with van der Waals surface area (Å²) in [6.07, 6.45) is 2.68. The Labute approximate surface area is 164 Å². The van der Waals surface area contributed by atoms with Crippen molar-refractivity contribution < 1.29 is 14.3 Å². The van der Waals surface area contributed by atoms with Gasteiger partial charge in [0.25, 0.3) is 5.91 Å². The van der Waals surface area contributed by atoms with Crippen molar-refractivity contribution >= 4 is 70.0 Å². The molecule has 2 rings (SSSR count). The van der Waals surface area contributed by atoms with E-state index in [1.807, 2.05) is 0 Å². The van der Waals surface area contributed by atoms with Gasteiger partial charge in [-0.05, 0) is 35.9 Å². The fourth-order valence-electron chi connectivity index (χ4n) is 1.75. The molecular formula is C17H11Cl4NO3. The average Bonchev–Trinajstić information content (AvgIpc) is 2.58. The summed E-state index contributed by atoms with van der Waals surface area (Å²) in [5.74, 6) is -1.22. The quantitative estimate of drug-likeness (QED) is 0.515. The van der Waals surface area contributed by atoms with Gasteiger partial charge < -0.3 is 10.1 Å². The summed E-state index contributed by atoms with van der Waals surface area (Å²) < 4.78 is 4.85. The zero-order valence-electron chi connectivity index (χ0n) is 12.6. The van der Waals surface area contributed by atoms with Gasteiger partial charge >= 0.3 is 5.97 Å². The number of ether oxygens (including phenoxy) is 1. The lowest BCUT2D eigenvalue weighted by Gasteiger charge is -2.08. The second-order valence-corrected chi connectivity index (χ2v) is 6.36. The van der Waals surface area contributed by atoms with Crippen LogP contribution in [0.4, 0.5) is 5.69 Å². The molecule has 0 fully saturated rings. The highest BCUT2D eigenvalue weighted by atomic mass is 35.5. The van der Waals surface area contributed by atoms with Crippen molar-refractivity contribution in [1.29, 1.82) is 0 Å². The van der Waals surface area contributed by atoms with Crippen LogP contribution >= 0.6 is 46.4 Å². The predicted octanol–water partition coefficient (Wildman–Crippen LogP) is 5.50. The standard InChI is InChI=1S/C17H11Cl4NO3/c18-11-6-4-10(8-13(11)20)5-7-16(24)25-9-15(23)22-14-3-1-2-12(19)17(14)21/h1-8H,9H2,(H,22,23)/b7-5+. The molecule has 0 bridgehead atoms. The largest absolute Gasteiger partial charge is 0.452 e. The van der Waals surface area contributed by atoms with Crippen LogP contribution in [0.15, 0.2) is 42.5 Å². The molecule has 8 heteroatoms. The number of amides is 1. The van der Waals surface area contributed by atoms with E-state index in [0.717, 1.165) is 0 Å². The van der Waals surface area contributed by atoms with E-state index in [-0.39, 0.29) is 5.02 Å². The summed E-state index contributed by atoms with van der Waals surface area (Å²) in [6.45, 7) is -0.465. The zero-order chi connectivity index (χ0) is 18.4. The molecule has 25 heavy (non-hydrogen) atoms. The lowest BCUT2D eigenvalue weighted by molar-refractivity contribution is -0.142. The molecule has 2 aromatic carbocycles. The molecular weight excluding hydrogens is 408 g/mol. The average molecular weight is 419 g/mol. The SMILES string of the molecule is O=C(COC(=O)/C=C/c1ccc(Cl)c(Cl)c1)Nc1cccc(Cl)c1Cl. The van der Waals surface area contributed by atoms with Crippen molar-refractivity contribution in [2.24, 2.45) is 0 Å². The Hall–Kier alpha value is -1.72. The maximum absolute atomic E-state index is 11.8. The number of carbonyl (C=O) groups excluding carboxylic acids is 2. The minimum Gasteiger partial charge on any atom is -0.452 e. The Morgan fingerprint density at radius 1 is 1.00 bits per heavy atom. The maximum Gasteiger partial charge on any atom is 0.331 e. The van der Waals surface area contributed by atoms with E-state index in [4.69, 9.17) is 51.1 Å². The van der Waals surface area contributed by atoms with Crippen LogP contribution in [0.2, 0.25) is 20.1 Å². The summed E-state index contributed by atoms with van der Waals surface area (Å²) in [6, 6.07) is 9.70. The molecule has 0 aromatic heterocycles. The third kappa shape index (κ3) is 5.94. The molecule has 0 spiro atoms. The second kappa shape index (κ2) is 9.11. The number of hydrogen-bond donors (Lipinski definition) is 1. The van der Waals surface area contributed by atoms with Crippen LogP contribution in [-0.2, 0) is 14.3 Å². The lowest BCUT2D eigenvalue weighted by Crippen LogP contribution is -2.20. The molecule has 1 amide bonds. The number of nitrogens with one attached hydrogen (secondary N) is 1. The highest BCUT2D eigenvalue weighted by Gasteiger charge is 2.10. The van der Waals surface area contributed by atoms with E-state index in [2.05, 4.69) is 5.32 Å². The molecule has 1 N–H and O–H groups in total. The smallest absolute Gasteiger partial charge is 0.331 e. The van der Waals surface area contributed by atoms with Crippen LogP contribution in [0.5, 0.6) is 0 Å². The van der Waals surface area contributed by atoms with Gasteiger partial charge in [0.15, 0.2) is 6.61 Å². The van der Waals surface area contributed by atoms with E-state index in [9.17, 15) is 9.59 Å². The Morgan fingerprint density at radius 2 is 1.76 bits per heavy atom. The Balaban J connectivity index is 1.86. The zero-order valence-corrected chi connectivity index (χ0v) is 15.6. The molecule has 0 unspecified atom stereocenters. The monoisotopic (exact) mass is 417 g/mol. The fourth-order valence-corrected chi connectivity index (χ4v) is 2.41. The van der Waals surface area contributed by atoms with Gasteiger partial charge in [-0.3, -0.25) is 4.79 Å². The maximum atomic E-state index is 11.8. The first-order valence-electron chi connectivity index (χ1n) is 6.90. The molecule has 0 saturated heterocycles. The first-order valence-corrected chi connectivity index (χ1v) is 8.42. The number of rotatable bonds is 5. The van der Waals surface area contributed by atoms with E-state index in [1.165, 1.54) is 12.2 Å². The third-order valence-electron chi connectivity index (χ3n) is 2.93. The molecule has 0 aliphatic carbocycles.